The Morgan fingerprint density at radius 3 is 2.09 bits per heavy atom. The van der Waals surface area contributed by atoms with Crippen molar-refractivity contribution in [1.82, 2.24) is 0 Å². The Bertz CT molecular complexity index is 372. The average molecular weight is 336 g/mol. The summed E-state index contributed by atoms with van der Waals surface area (Å²) in [6, 6.07) is 0. The van der Waals surface area contributed by atoms with Gasteiger partial charge in [-0.2, -0.15) is 0 Å². The largest absolute Gasteiger partial charge is 0.726 e. The molecule has 0 saturated carbocycles. The molecule has 0 radical (unpaired) electrons. The van der Waals surface area contributed by atoms with E-state index in [4.69, 9.17) is 0 Å². The second-order valence-electron chi connectivity index (χ2n) is 5.48. The summed E-state index contributed by atoms with van der Waals surface area (Å²) in [5.41, 5.74) is 0. The molecule has 0 aromatic heterocycles. The zero-order chi connectivity index (χ0) is 16.7. The van der Waals surface area contributed by atoms with E-state index in [9.17, 15) is 13.0 Å². The molecule has 1 aliphatic rings. The Morgan fingerprint density at radius 1 is 1.09 bits per heavy atom. The van der Waals surface area contributed by atoms with Gasteiger partial charge >= 0.3 is 0 Å². The van der Waals surface area contributed by atoms with Gasteiger partial charge in [-0.05, 0) is 19.8 Å². The first-order chi connectivity index (χ1) is 10.5. The van der Waals surface area contributed by atoms with Gasteiger partial charge in [-0.25, -0.2) is 13.4 Å². The van der Waals surface area contributed by atoms with E-state index in [0.717, 1.165) is 6.54 Å². The van der Waals surface area contributed by atoms with E-state index in [1.807, 2.05) is 0 Å². The second kappa shape index (κ2) is 14.1. The monoisotopic (exact) mass is 336 g/mol. The molecule has 0 spiro atoms. The number of unbranched alkanes of at least 4 members (excludes halogenated alkanes) is 7. The van der Waals surface area contributed by atoms with Crippen molar-refractivity contribution in [2.75, 3.05) is 26.2 Å². The molecular formula is C15H32N2O4S. The van der Waals surface area contributed by atoms with Gasteiger partial charge < -0.3 is 4.55 Å². The lowest BCUT2D eigenvalue weighted by atomic mass is 10.1. The van der Waals surface area contributed by atoms with E-state index >= 15 is 0 Å². The van der Waals surface area contributed by atoms with E-state index in [0.29, 0.717) is 0 Å². The Kier molecular flexibility index (Phi) is 13.8. The van der Waals surface area contributed by atoms with E-state index < -0.39 is 10.4 Å². The quantitative estimate of drug-likeness (QED) is 0.352. The van der Waals surface area contributed by atoms with Crippen LogP contribution in [0.1, 0.15) is 65.2 Å². The molecule has 6 nitrogen and oxygen atoms in total. The number of nitrogens with one attached hydrogen (secondary N) is 1. The molecule has 22 heavy (non-hydrogen) atoms. The Hall–Kier alpha value is -0.500. The minimum absolute atomic E-state index is 0.0914. The Morgan fingerprint density at radius 2 is 1.68 bits per heavy atom. The molecule has 1 heterocycles. The number of nitrogens with zero attached hydrogens (tertiary/aromatic N) is 1. The zero-order valence-corrected chi connectivity index (χ0v) is 14.9. The highest BCUT2D eigenvalue weighted by Gasteiger charge is 2.08. The molecule has 0 amide bonds. The van der Waals surface area contributed by atoms with Crippen LogP contribution in [-0.4, -0.2) is 45.6 Å². The van der Waals surface area contributed by atoms with E-state index in [1.165, 1.54) is 71.4 Å². The van der Waals surface area contributed by atoms with Crippen LogP contribution in [0.3, 0.4) is 0 Å². The van der Waals surface area contributed by atoms with Crippen molar-refractivity contribution in [3.63, 3.8) is 0 Å². The fourth-order valence-electron chi connectivity index (χ4n) is 2.29. The van der Waals surface area contributed by atoms with Crippen LogP contribution in [0.2, 0.25) is 0 Å². The highest BCUT2D eigenvalue weighted by molar-refractivity contribution is 7.80. The molecule has 1 N–H and O–H groups in total. The third-order valence-corrected chi connectivity index (χ3v) is 3.97. The minimum Gasteiger partial charge on any atom is -0.726 e. The van der Waals surface area contributed by atoms with Crippen LogP contribution in [0.25, 0.3) is 0 Å². The third-order valence-electron chi connectivity index (χ3n) is 3.45. The first-order valence-electron chi connectivity index (χ1n) is 8.44. The predicted molar refractivity (Wildman–Crippen MR) is 88.0 cm³/mol. The highest BCUT2D eigenvalue weighted by atomic mass is 32.3. The molecule has 0 saturated heterocycles. The van der Waals surface area contributed by atoms with Gasteiger partial charge in [0.1, 0.15) is 6.54 Å². The number of aliphatic imine (C=N–C) groups is 1. The smallest absolute Gasteiger partial charge is 0.217 e. The van der Waals surface area contributed by atoms with Crippen LogP contribution in [0.5, 0.6) is 0 Å². The molecule has 1 unspecified atom stereocenters. The summed E-state index contributed by atoms with van der Waals surface area (Å²) in [6.07, 6.45) is 13.5. The van der Waals surface area contributed by atoms with Crippen molar-refractivity contribution < 1.29 is 22.1 Å². The fraction of sp³-hybridized carbons (Fsp3) is 0.933. The minimum atomic E-state index is -4.42. The van der Waals surface area contributed by atoms with Gasteiger partial charge in [0.05, 0.1) is 19.7 Å². The molecule has 1 rings (SSSR count). The van der Waals surface area contributed by atoms with Gasteiger partial charge in [-0.3, -0.25) is 9.08 Å². The summed E-state index contributed by atoms with van der Waals surface area (Å²) in [7, 11) is -4.42. The summed E-state index contributed by atoms with van der Waals surface area (Å²) >= 11 is 0. The van der Waals surface area contributed by atoms with Crippen LogP contribution in [0, 0.1) is 0 Å². The summed E-state index contributed by atoms with van der Waals surface area (Å²) in [6.45, 7) is 7.20. The summed E-state index contributed by atoms with van der Waals surface area (Å²) in [5, 5.41) is 0. The van der Waals surface area contributed by atoms with Gasteiger partial charge in [0.15, 0.2) is 6.34 Å². The van der Waals surface area contributed by atoms with Crippen molar-refractivity contribution in [3.8, 4) is 0 Å². The Labute approximate surface area is 135 Å². The van der Waals surface area contributed by atoms with Crippen LogP contribution < -0.4 is 4.90 Å². The summed E-state index contributed by atoms with van der Waals surface area (Å²) < 4.78 is 32.0. The lowest BCUT2D eigenvalue weighted by molar-refractivity contribution is -0.791. The van der Waals surface area contributed by atoms with E-state index in [-0.39, 0.29) is 6.61 Å². The van der Waals surface area contributed by atoms with Gasteiger partial charge in [-0.15, -0.1) is 0 Å². The van der Waals surface area contributed by atoms with Crippen LogP contribution in [0.15, 0.2) is 4.99 Å². The maximum atomic E-state index is 9.45. The van der Waals surface area contributed by atoms with Crippen molar-refractivity contribution in [3.05, 3.63) is 0 Å². The molecule has 0 bridgehead atoms. The zero-order valence-electron chi connectivity index (χ0n) is 14.1. The van der Waals surface area contributed by atoms with Gasteiger partial charge in [0.2, 0.25) is 10.4 Å². The molecule has 0 fully saturated rings. The van der Waals surface area contributed by atoms with Gasteiger partial charge in [-0.1, -0.05) is 45.4 Å². The van der Waals surface area contributed by atoms with Crippen molar-refractivity contribution in [2.24, 2.45) is 4.99 Å². The SMILES string of the molecule is CCCCCCCCCC[NH+]1C=NCC1.CCOS(=O)(=O)[O-]. The van der Waals surface area contributed by atoms with Crippen molar-refractivity contribution in [2.45, 2.75) is 65.2 Å². The Balaban J connectivity index is 0.000000534. The first-order valence-corrected chi connectivity index (χ1v) is 9.77. The van der Waals surface area contributed by atoms with Crippen molar-refractivity contribution in [1.29, 1.82) is 0 Å². The van der Waals surface area contributed by atoms with Gasteiger partial charge in [0, 0.05) is 0 Å². The number of quaternary nitrogens is 1. The van der Waals surface area contributed by atoms with Crippen LogP contribution in [0.4, 0.5) is 0 Å². The lowest BCUT2D eigenvalue weighted by Crippen LogP contribution is -3.09. The lowest BCUT2D eigenvalue weighted by Gasteiger charge is -2.07. The van der Waals surface area contributed by atoms with Gasteiger partial charge in [0.25, 0.3) is 0 Å². The number of hydrogen-bond donors (Lipinski definition) is 1. The predicted octanol–water partition coefficient (Wildman–Crippen LogP) is 1.54. The average Bonchev–Trinajstić information content (AvgIpc) is 2.94. The van der Waals surface area contributed by atoms with Crippen LogP contribution in [-0.2, 0) is 14.6 Å². The molecule has 132 valence electrons. The van der Waals surface area contributed by atoms with Crippen molar-refractivity contribution >= 4 is 16.7 Å². The normalized spacial score (nSPS) is 17.3. The van der Waals surface area contributed by atoms with E-state index in [1.54, 1.807) is 4.90 Å². The highest BCUT2D eigenvalue weighted by Crippen LogP contribution is 2.07. The van der Waals surface area contributed by atoms with Crippen LogP contribution >= 0.6 is 0 Å². The topological polar surface area (TPSA) is 83.2 Å². The molecule has 0 aliphatic carbocycles. The first kappa shape index (κ1) is 21.5. The number of rotatable bonds is 11. The maximum Gasteiger partial charge on any atom is 0.217 e. The second-order valence-corrected chi connectivity index (χ2v) is 6.54. The molecule has 0 aromatic rings. The molecule has 0 aromatic carbocycles. The third kappa shape index (κ3) is 15.9. The summed E-state index contributed by atoms with van der Waals surface area (Å²) in [5.74, 6) is 0. The standard InChI is InChI=1S/C13H26N2.C2H6O4S/c1-2-3-4-5-6-7-8-9-11-15-12-10-14-13-15;1-2-6-7(3,4)5/h13H,2-12H2,1H3;2H2,1H3,(H,3,4,5). The molecule has 7 heteroatoms. The molecule has 1 atom stereocenters. The molecular weight excluding hydrogens is 304 g/mol. The van der Waals surface area contributed by atoms with E-state index in [2.05, 4.69) is 22.4 Å². The number of hydrogen-bond acceptors (Lipinski definition) is 5. The summed E-state index contributed by atoms with van der Waals surface area (Å²) in [4.78, 5) is 5.84. The molecule has 1 aliphatic heterocycles. The fourth-order valence-corrected chi connectivity index (χ4v) is 2.57. The maximum absolute atomic E-state index is 9.45.